The lowest BCUT2D eigenvalue weighted by molar-refractivity contribution is -0.384. The fourth-order valence-electron chi connectivity index (χ4n) is 3.24. The number of nitrogens with one attached hydrogen (secondary N) is 1. The smallest absolute Gasteiger partial charge is 0.269 e. The van der Waals surface area contributed by atoms with Crippen molar-refractivity contribution in [3.05, 3.63) is 62.0 Å². The minimum atomic E-state index is -0.467. The van der Waals surface area contributed by atoms with Gasteiger partial charge in [-0.2, -0.15) is 5.26 Å². The Bertz CT molecular complexity index is 939. The average Bonchev–Trinajstić information content (AvgIpc) is 3.02. The Morgan fingerprint density at radius 2 is 2.19 bits per heavy atom. The first kappa shape index (κ1) is 18.8. The van der Waals surface area contributed by atoms with E-state index in [2.05, 4.69) is 18.3 Å². The van der Waals surface area contributed by atoms with Crippen molar-refractivity contribution in [2.75, 3.05) is 5.32 Å². The predicted molar refractivity (Wildman–Crippen MR) is 106 cm³/mol. The molecule has 7 heteroatoms. The van der Waals surface area contributed by atoms with Crippen LogP contribution in [0.3, 0.4) is 0 Å². The van der Waals surface area contributed by atoms with Crippen LogP contribution in [0.15, 0.2) is 30.3 Å². The zero-order valence-electron chi connectivity index (χ0n) is 14.9. The lowest BCUT2D eigenvalue weighted by atomic mass is 9.86. The molecule has 3 rings (SSSR count). The molecular weight excluding hydrogens is 362 g/mol. The first-order valence-electron chi connectivity index (χ1n) is 8.80. The molecule has 1 unspecified atom stereocenters. The van der Waals surface area contributed by atoms with Gasteiger partial charge in [-0.3, -0.25) is 14.9 Å². The summed E-state index contributed by atoms with van der Waals surface area (Å²) in [5, 5.41) is 23.6. The van der Waals surface area contributed by atoms with Crippen LogP contribution in [0.5, 0.6) is 0 Å². The van der Waals surface area contributed by atoms with Crippen LogP contribution in [0, 0.1) is 27.4 Å². The van der Waals surface area contributed by atoms with Gasteiger partial charge in [-0.25, -0.2) is 0 Å². The fourth-order valence-corrected chi connectivity index (χ4v) is 4.56. The predicted octanol–water partition coefficient (Wildman–Crippen LogP) is 4.69. The lowest BCUT2D eigenvalue weighted by Gasteiger charge is -2.20. The summed E-state index contributed by atoms with van der Waals surface area (Å²) in [6.07, 6.45) is 7.03. The number of amides is 1. The summed E-state index contributed by atoms with van der Waals surface area (Å²) in [6.45, 7) is 2.18. The molecule has 0 aliphatic heterocycles. The SMILES string of the molecule is CCC1CCc2c(sc(NC(=O)C=Cc3ccc([N+](=O)[O-])cc3)c2C#N)C1. The monoisotopic (exact) mass is 381 g/mol. The van der Waals surface area contributed by atoms with Crippen molar-refractivity contribution in [1.29, 1.82) is 5.26 Å². The highest BCUT2D eigenvalue weighted by Crippen LogP contribution is 2.39. The summed E-state index contributed by atoms with van der Waals surface area (Å²) in [4.78, 5) is 23.7. The third-order valence-corrected chi connectivity index (χ3v) is 5.99. The van der Waals surface area contributed by atoms with E-state index in [1.54, 1.807) is 18.2 Å². The molecule has 1 aromatic heterocycles. The van der Waals surface area contributed by atoms with Gasteiger partial charge >= 0.3 is 0 Å². The van der Waals surface area contributed by atoms with E-state index in [-0.39, 0.29) is 11.6 Å². The Morgan fingerprint density at radius 1 is 1.44 bits per heavy atom. The number of carbonyl (C=O) groups excluding carboxylic acids is 1. The van der Waals surface area contributed by atoms with Crippen molar-refractivity contribution >= 4 is 34.0 Å². The van der Waals surface area contributed by atoms with Crippen molar-refractivity contribution in [2.45, 2.75) is 32.6 Å². The van der Waals surface area contributed by atoms with Gasteiger partial charge in [0.2, 0.25) is 5.91 Å². The second-order valence-electron chi connectivity index (χ2n) is 6.51. The van der Waals surface area contributed by atoms with Gasteiger partial charge in [0.15, 0.2) is 0 Å². The number of nitrogens with zero attached hydrogens (tertiary/aromatic N) is 2. The summed E-state index contributed by atoms with van der Waals surface area (Å²) in [5.74, 6) is 0.323. The van der Waals surface area contributed by atoms with E-state index in [1.807, 2.05) is 0 Å². The van der Waals surface area contributed by atoms with E-state index in [0.717, 1.165) is 31.2 Å². The third kappa shape index (κ3) is 4.23. The highest BCUT2D eigenvalue weighted by Gasteiger charge is 2.25. The van der Waals surface area contributed by atoms with Crippen molar-refractivity contribution < 1.29 is 9.72 Å². The van der Waals surface area contributed by atoms with Crippen LogP contribution >= 0.6 is 11.3 Å². The largest absolute Gasteiger partial charge is 0.313 e. The van der Waals surface area contributed by atoms with Crippen LogP contribution in [0.1, 0.15) is 41.3 Å². The Kier molecular flexibility index (Phi) is 5.67. The summed E-state index contributed by atoms with van der Waals surface area (Å²) < 4.78 is 0. The minimum Gasteiger partial charge on any atom is -0.313 e. The molecule has 1 amide bonds. The number of nitriles is 1. The molecule has 0 saturated carbocycles. The fraction of sp³-hybridized carbons (Fsp3) is 0.300. The molecule has 0 bridgehead atoms. The summed E-state index contributed by atoms with van der Waals surface area (Å²) >= 11 is 1.50. The lowest BCUT2D eigenvalue weighted by Crippen LogP contribution is -2.12. The molecule has 27 heavy (non-hydrogen) atoms. The molecule has 0 saturated heterocycles. The highest BCUT2D eigenvalue weighted by molar-refractivity contribution is 7.16. The molecule has 2 aromatic rings. The van der Waals surface area contributed by atoms with E-state index < -0.39 is 4.92 Å². The van der Waals surface area contributed by atoms with Gasteiger partial charge in [0.25, 0.3) is 5.69 Å². The molecule has 6 nitrogen and oxygen atoms in total. The van der Waals surface area contributed by atoms with E-state index >= 15 is 0 Å². The van der Waals surface area contributed by atoms with Crippen molar-refractivity contribution in [3.8, 4) is 6.07 Å². The molecule has 1 aromatic carbocycles. The zero-order valence-corrected chi connectivity index (χ0v) is 15.7. The van der Waals surface area contributed by atoms with Crippen LogP contribution in [0.4, 0.5) is 10.7 Å². The number of benzene rings is 1. The number of anilines is 1. The maximum atomic E-state index is 12.3. The molecule has 0 fully saturated rings. The quantitative estimate of drug-likeness (QED) is 0.461. The normalized spacial score (nSPS) is 15.9. The van der Waals surface area contributed by atoms with Gasteiger partial charge in [0.1, 0.15) is 11.1 Å². The van der Waals surface area contributed by atoms with Crippen LogP contribution < -0.4 is 5.32 Å². The van der Waals surface area contributed by atoms with Crippen LogP contribution in [-0.4, -0.2) is 10.8 Å². The third-order valence-electron chi connectivity index (χ3n) is 4.82. The molecule has 1 atom stereocenters. The van der Waals surface area contributed by atoms with Gasteiger partial charge in [0.05, 0.1) is 10.5 Å². The highest BCUT2D eigenvalue weighted by atomic mass is 32.1. The topological polar surface area (TPSA) is 96.0 Å². The maximum absolute atomic E-state index is 12.3. The average molecular weight is 381 g/mol. The molecule has 1 aliphatic carbocycles. The summed E-state index contributed by atoms with van der Waals surface area (Å²) in [7, 11) is 0. The second kappa shape index (κ2) is 8.14. The molecule has 138 valence electrons. The number of carbonyl (C=O) groups is 1. The second-order valence-corrected chi connectivity index (χ2v) is 7.61. The van der Waals surface area contributed by atoms with Crippen molar-refractivity contribution in [2.24, 2.45) is 5.92 Å². The number of non-ortho nitro benzene ring substituents is 1. The van der Waals surface area contributed by atoms with Gasteiger partial charge in [-0.05, 0) is 54.5 Å². The molecule has 0 radical (unpaired) electrons. The number of hydrogen-bond donors (Lipinski definition) is 1. The Morgan fingerprint density at radius 3 is 2.81 bits per heavy atom. The van der Waals surface area contributed by atoms with Crippen LogP contribution in [-0.2, 0) is 17.6 Å². The van der Waals surface area contributed by atoms with Gasteiger partial charge in [0, 0.05) is 23.1 Å². The molecule has 1 heterocycles. The molecule has 1 N–H and O–H groups in total. The number of thiophene rings is 1. The van der Waals surface area contributed by atoms with Crippen molar-refractivity contribution in [1.82, 2.24) is 0 Å². The van der Waals surface area contributed by atoms with Crippen LogP contribution in [0.2, 0.25) is 0 Å². The Hall–Kier alpha value is -2.98. The van der Waals surface area contributed by atoms with Gasteiger partial charge in [-0.1, -0.05) is 13.3 Å². The summed E-state index contributed by atoms with van der Waals surface area (Å²) in [6, 6.07) is 8.19. The van der Waals surface area contributed by atoms with Gasteiger partial charge < -0.3 is 5.32 Å². The van der Waals surface area contributed by atoms with E-state index in [0.29, 0.717) is 22.0 Å². The molecule has 1 aliphatic rings. The van der Waals surface area contributed by atoms with Crippen molar-refractivity contribution in [3.63, 3.8) is 0 Å². The first-order valence-corrected chi connectivity index (χ1v) is 9.61. The number of fused-ring (bicyclic) bond motifs is 1. The number of rotatable bonds is 5. The standard InChI is InChI=1S/C20H19N3O3S/c1-2-13-5-9-16-17(12-21)20(27-18(16)11-13)22-19(24)10-6-14-3-7-15(8-4-14)23(25)26/h3-4,6-8,10,13H,2,5,9,11H2,1H3,(H,22,24). The number of nitro benzene ring substituents is 1. The van der Waals surface area contributed by atoms with E-state index in [1.165, 1.54) is 34.4 Å². The number of nitro groups is 1. The Balaban J connectivity index is 1.72. The van der Waals surface area contributed by atoms with E-state index in [4.69, 9.17) is 0 Å². The number of hydrogen-bond acceptors (Lipinski definition) is 5. The summed E-state index contributed by atoms with van der Waals surface area (Å²) in [5.41, 5.74) is 2.36. The Labute approximate surface area is 161 Å². The zero-order chi connectivity index (χ0) is 19.4. The molecule has 0 spiro atoms. The maximum Gasteiger partial charge on any atom is 0.269 e. The van der Waals surface area contributed by atoms with E-state index in [9.17, 15) is 20.2 Å². The van der Waals surface area contributed by atoms with Gasteiger partial charge in [-0.15, -0.1) is 11.3 Å². The van der Waals surface area contributed by atoms with Crippen LogP contribution in [0.25, 0.3) is 6.08 Å². The molecular formula is C20H19N3O3S. The first-order chi connectivity index (χ1) is 13.0. The minimum absolute atomic E-state index is 0.00446.